The van der Waals surface area contributed by atoms with Gasteiger partial charge in [-0.2, -0.15) is 0 Å². The number of aliphatic carboxylic acids is 1. The van der Waals surface area contributed by atoms with Crippen LogP contribution in [0.25, 0.3) is 0 Å². The lowest BCUT2D eigenvalue weighted by Gasteiger charge is -2.30. The van der Waals surface area contributed by atoms with E-state index in [1.807, 2.05) is 44.2 Å². The number of hydrogen-bond acceptors (Lipinski definition) is 6. The smallest absolute Gasteiger partial charge is 0.407 e. The second kappa shape index (κ2) is 15.6. The summed E-state index contributed by atoms with van der Waals surface area (Å²) in [6.07, 6.45) is 2.26. The van der Waals surface area contributed by atoms with Crippen LogP contribution in [0.3, 0.4) is 0 Å². The van der Waals surface area contributed by atoms with Gasteiger partial charge in [0.15, 0.2) is 0 Å². The Morgan fingerprint density at radius 1 is 1.11 bits per heavy atom. The summed E-state index contributed by atoms with van der Waals surface area (Å²) < 4.78 is 5.18. The van der Waals surface area contributed by atoms with E-state index in [0.717, 1.165) is 5.56 Å². The number of carbonyl (C=O) groups is 5. The molecule has 38 heavy (non-hydrogen) atoms. The molecule has 0 bridgehead atoms. The second-order valence-electron chi connectivity index (χ2n) is 9.64. The van der Waals surface area contributed by atoms with Gasteiger partial charge >= 0.3 is 12.1 Å². The first-order chi connectivity index (χ1) is 18.1. The molecule has 1 heterocycles. The van der Waals surface area contributed by atoms with Gasteiger partial charge in [-0.15, -0.1) is 0 Å². The highest BCUT2D eigenvalue weighted by atomic mass is 16.5. The lowest BCUT2D eigenvalue weighted by Crippen LogP contribution is -2.57. The highest BCUT2D eigenvalue weighted by molar-refractivity contribution is 5.93. The van der Waals surface area contributed by atoms with E-state index in [1.54, 1.807) is 0 Å². The molecule has 210 valence electrons. The van der Waals surface area contributed by atoms with Crippen molar-refractivity contribution in [3.05, 3.63) is 35.9 Å². The van der Waals surface area contributed by atoms with Gasteiger partial charge in [0, 0.05) is 20.0 Å². The molecule has 2 rings (SSSR count). The number of nitrogens with zero attached hydrogens (tertiary/aromatic N) is 1. The Labute approximate surface area is 223 Å². The van der Waals surface area contributed by atoms with Gasteiger partial charge in [-0.25, -0.2) is 9.59 Å². The molecule has 4 amide bonds. The maximum atomic E-state index is 13.3. The number of hydrogen-bond donors (Lipinski definition) is 4. The van der Waals surface area contributed by atoms with Crippen LogP contribution in [0.4, 0.5) is 4.79 Å². The molecule has 11 heteroatoms. The summed E-state index contributed by atoms with van der Waals surface area (Å²) in [7, 11) is 0. The number of carbonyl (C=O) groups excluding carboxylic acids is 4. The lowest BCUT2D eigenvalue weighted by molar-refractivity contribution is -0.149. The van der Waals surface area contributed by atoms with E-state index < -0.39 is 42.0 Å². The molecule has 1 unspecified atom stereocenters. The van der Waals surface area contributed by atoms with Crippen molar-refractivity contribution in [1.29, 1.82) is 0 Å². The highest BCUT2D eigenvalue weighted by Gasteiger charge is 2.38. The molecule has 0 spiro atoms. The molecule has 4 N–H and O–H groups in total. The van der Waals surface area contributed by atoms with Crippen molar-refractivity contribution in [2.45, 2.75) is 84.0 Å². The van der Waals surface area contributed by atoms with E-state index in [0.29, 0.717) is 45.2 Å². The number of ether oxygens (including phenoxy) is 1. The number of alkyl carbamates (subject to hydrolysis) is 1. The van der Waals surface area contributed by atoms with E-state index in [9.17, 15) is 29.1 Å². The summed E-state index contributed by atoms with van der Waals surface area (Å²) >= 11 is 0. The number of unbranched alkanes of at least 4 members (excludes halogenated alkanes) is 1. The molecular formula is C27H40N4O7. The first-order valence-corrected chi connectivity index (χ1v) is 13.2. The van der Waals surface area contributed by atoms with E-state index in [1.165, 1.54) is 11.8 Å². The fourth-order valence-electron chi connectivity index (χ4n) is 4.37. The van der Waals surface area contributed by atoms with Crippen molar-refractivity contribution in [1.82, 2.24) is 20.9 Å². The van der Waals surface area contributed by atoms with Crippen molar-refractivity contribution in [3.63, 3.8) is 0 Å². The monoisotopic (exact) mass is 532 g/mol. The minimum Gasteiger partial charge on any atom is -0.480 e. The minimum atomic E-state index is -1.07. The van der Waals surface area contributed by atoms with Crippen molar-refractivity contribution in [2.75, 3.05) is 13.1 Å². The Hall–Kier alpha value is -3.63. The fourth-order valence-corrected chi connectivity index (χ4v) is 4.37. The van der Waals surface area contributed by atoms with E-state index in [4.69, 9.17) is 4.74 Å². The van der Waals surface area contributed by atoms with Gasteiger partial charge < -0.3 is 30.7 Å². The zero-order valence-electron chi connectivity index (χ0n) is 22.4. The third kappa shape index (κ3) is 9.68. The van der Waals surface area contributed by atoms with E-state index in [-0.39, 0.29) is 24.9 Å². The number of amides is 4. The number of carboxylic acids is 1. The normalized spacial score (nSPS) is 17.1. The Bertz CT molecular complexity index is 956. The van der Waals surface area contributed by atoms with Gasteiger partial charge in [-0.05, 0) is 43.6 Å². The molecule has 0 radical (unpaired) electrons. The summed E-state index contributed by atoms with van der Waals surface area (Å²) in [4.78, 5) is 63.0. The molecule has 0 aliphatic carbocycles. The van der Waals surface area contributed by atoms with Crippen molar-refractivity contribution in [3.8, 4) is 0 Å². The quantitative estimate of drug-likeness (QED) is 0.268. The van der Waals surface area contributed by atoms with Crippen LogP contribution in [0, 0.1) is 5.92 Å². The van der Waals surface area contributed by atoms with Gasteiger partial charge in [0.2, 0.25) is 17.7 Å². The molecular weight excluding hydrogens is 492 g/mol. The molecule has 1 aromatic carbocycles. The molecule has 11 nitrogen and oxygen atoms in total. The van der Waals surface area contributed by atoms with Crippen molar-refractivity contribution >= 4 is 29.8 Å². The summed E-state index contributed by atoms with van der Waals surface area (Å²) in [5.41, 5.74) is 0.872. The molecule has 0 saturated carbocycles. The Balaban J connectivity index is 1.96. The first-order valence-electron chi connectivity index (χ1n) is 13.2. The standard InChI is InChI=1S/C27H40N4O7/c1-4-18(2)23(29-19(3)32)24(33)30-21(25(34)31-16-10-14-22(31)26(35)36)13-8-9-15-28-27(37)38-17-20-11-6-5-7-12-20/h5-7,11-12,18,21-23H,4,8-10,13-17H2,1-3H3,(H,28,37)(H,29,32)(H,30,33)(H,35,36)/t18?,21-,22-,23-/m0/s1. The topological polar surface area (TPSA) is 154 Å². The van der Waals surface area contributed by atoms with Gasteiger partial charge in [-0.1, -0.05) is 50.6 Å². The summed E-state index contributed by atoms with van der Waals surface area (Å²) in [5.74, 6) is -2.54. The minimum absolute atomic E-state index is 0.154. The van der Waals surface area contributed by atoms with Crippen LogP contribution in [0.15, 0.2) is 30.3 Å². The summed E-state index contributed by atoms with van der Waals surface area (Å²) in [5, 5.41) is 17.6. The predicted molar refractivity (Wildman–Crippen MR) is 140 cm³/mol. The predicted octanol–water partition coefficient (Wildman–Crippen LogP) is 2.19. The summed E-state index contributed by atoms with van der Waals surface area (Å²) in [6.45, 7) is 5.82. The number of nitrogens with one attached hydrogen (secondary N) is 3. The van der Waals surface area contributed by atoms with Crippen LogP contribution in [-0.2, 0) is 30.5 Å². The van der Waals surface area contributed by atoms with Gasteiger partial charge in [0.1, 0.15) is 24.7 Å². The Morgan fingerprint density at radius 2 is 1.82 bits per heavy atom. The SMILES string of the molecule is CCC(C)[C@H](NC(C)=O)C(=O)N[C@@H](CCCCNC(=O)OCc1ccccc1)C(=O)N1CCC[C@H]1C(=O)O. The Kier molecular flexibility index (Phi) is 12.5. The molecule has 4 atom stereocenters. The number of carboxylic acid groups (broad SMARTS) is 1. The van der Waals surface area contributed by atoms with Crippen molar-refractivity contribution in [2.24, 2.45) is 5.92 Å². The molecule has 0 aromatic heterocycles. The molecule has 1 aromatic rings. The van der Waals surface area contributed by atoms with Crippen LogP contribution < -0.4 is 16.0 Å². The van der Waals surface area contributed by atoms with Gasteiger partial charge in [0.05, 0.1) is 0 Å². The van der Waals surface area contributed by atoms with Crippen molar-refractivity contribution < 1.29 is 33.8 Å². The summed E-state index contributed by atoms with van der Waals surface area (Å²) in [6, 6.07) is 6.60. The maximum absolute atomic E-state index is 13.3. The Morgan fingerprint density at radius 3 is 2.45 bits per heavy atom. The fraction of sp³-hybridized carbons (Fsp3) is 0.593. The highest BCUT2D eigenvalue weighted by Crippen LogP contribution is 2.20. The molecule has 1 saturated heterocycles. The van der Waals surface area contributed by atoms with Crippen LogP contribution in [0.2, 0.25) is 0 Å². The van der Waals surface area contributed by atoms with Crippen LogP contribution in [-0.4, -0.2) is 71.0 Å². The number of rotatable bonds is 14. The second-order valence-corrected chi connectivity index (χ2v) is 9.64. The van der Waals surface area contributed by atoms with E-state index >= 15 is 0 Å². The largest absolute Gasteiger partial charge is 0.480 e. The maximum Gasteiger partial charge on any atom is 0.407 e. The lowest BCUT2D eigenvalue weighted by atomic mass is 9.97. The van der Waals surface area contributed by atoms with E-state index in [2.05, 4.69) is 16.0 Å². The average molecular weight is 533 g/mol. The van der Waals surface area contributed by atoms with Crippen LogP contribution in [0.5, 0.6) is 0 Å². The van der Waals surface area contributed by atoms with Crippen LogP contribution >= 0.6 is 0 Å². The molecule has 1 aliphatic rings. The zero-order chi connectivity index (χ0) is 28.1. The third-order valence-corrected chi connectivity index (χ3v) is 6.69. The van der Waals surface area contributed by atoms with Gasteiger partial charge in [-0.3, -0.25) is 14.4 Å². The first kappa shape index (κ1) is 30.6. The zero-order valence-corrected chi connectivity index (χ0v) is 22.4. The molecule has 1 fully saturated rings. The number of benzene rings is 1. The van der Waals surface area contributed by atoms with Gasteiger partial charge in [0.25, 0.3) is 0 Å². The van der Waals surface area contributed by atoms with Crippen LogP contribution in [0.1, 0.15) is 64.9 Å². The third-order valence-electron chi connectivity index (χ3n) is 6.69. The average Bonchev–Trinajstić information content (AvgIpc) is 3.39. The number of likely N-dealkylation sites (tertiary alicyclic amines) is 1. The molecule has 1 aliphatic heterocycles.